The van der Waals surface area contributed by atoms with Crippen LogP contribution in [0.5, 0.6) is 11.5 Å². The number of hydrogen-bond acceptors (Lipinski definition) is 6. The van der Waals surface area contributed by atoms with Crippen LogP contribution in [-0.4, -0.2) is 27.3 Å². The Kier molecular flexibility index (Phi) is 4.77. The van der Waals surface area contributed by atoms with Crippen molar-refractivity contribution in [1.29, 1.82) is 0 Å². The van der Waals surface area contributed by atoms with Crippen molar-refractivity contribution in [2.75, 3.05) is 0 Å². The van der Waals surface area contributed by atoms with E-state index in [1.807, 2.05) is 0 Å². The number of nitrogens with one attached hydrogen (secondary N) is 1. The molecule has 2 aromatic carbocycles. The molecule has 118 valence electrons. The van der Waals surface area contributed by atoms with E-state index in [-0.39, 0.29) is 27.8 Å². The molecule has 0 radical (unpaired) electrons. The van der Waals surface area contributed by atoms with Gasteiger partial charge in [-0.05, 0) is 18.2 Å². The monoisotopic (exact) mass is 335 g/mol. The van der Waals surface area contributed by atoms with Crippen LogP contribution in [0.4, 0.5) is 5.69 Å². The van der Waals surface area contributed by atoms with Crippen molar-refractivity contribution in [3.05, 3.63) is 62.7 Å². The molecule has 0 aliphatic heterocycles. The highest BCUT2D eigenvalue weighted by molar-refractivity contribution is 6.32. The highest BCUT2D eigenvalue weighted by Crippen LogP contribution is 2.24. The van der Waals surface area contributed by atoms with E-state index in [2.05, 4.69) is 10.5 Å². The second-order valence-corrected chi connectivity index (χ2v) is 4.81. The molecule has 0 aromatic heterocycles. The number of nitro groups is 1. The largest absolute Gasteiger partial charge is 0.508 e. The molecular formula is C14H10ClN3O5. The lowest BCUT2D eigenvalue weighted by atomic mass is 10.2. The first-order valence-corrected chi connectivity index (χ1v) is 6.55. The Morgan fingerprint density at radius 2 is 1.87 bits per heavy atom. The fraction of sp³-hybridized carbons (Fsp3) is 0. The van der Waals surface area contributed by atoms with E-state index in [0.717, 1.165) is 18.2 Å². The van der Waals surface area contributed by atoms with Crippen molar-refractivity contribution in [2.45, 2.75) is 0 Å². The lowest BCUT2D eigenvalue weighted by Gasteiger charge is -2.02. The van der Waals surface area contributed by atoms with Crippen molar-refractivity contribution in [3.63, 3.8) is 0 Å². The number of hydrogen-bond donors (Lipinski definition) is 3. The molecule has 0 heterocycles. The fourth-order valence-electron chi connectivity index (χ4n) is 1.71. The number of nitro benzene ring substituents is 1. The molecule has 3 N–H and O–H groups in total. The number of carbonyl (C=O) groups is 1. The summed E-state index contributed by atoms with van der Waals surface area (Å²) >= 11 is 5.68. The summed E-state index contributed by atoms with van der Waals surface area (Å²) < 4.78 is 0. The van der Waals surface area contributed by atoms with Crippen LogP contribution in [0.25, 0.3) is 0 Å². The Bertz CT molecular complexity index is 787. The van der Waals surface area contributed by atoms with Gasteiger partial charge in [-0.3, -0.25) is 14.9 Å². The molecule has 23 heavy (non-hydrogen) atoms. The van der Waals surface area contributed by atoms with Gasteiger partial charge < -0.3 is 10.2 Å². The predicted octanol–water partition coefficient (Wildman–Crippen LogP) is 2.42. The number of amides is 1. The fourth-order valence-corrected chi connectivity index (χ4v) is 1.89. The number of aromatic hydroxyl groups is 2. The van der Waals surface area contributed by atoms with E-state index in [0.29, 0.717) is 5.56 Å². The van der Waals surface area contributed by atoms with Crippen LogP contribution < -0.4 is 5.43 Å². The summed E-state index contributed by atoms with van der Waals surface area (Å²) in [6, 6.07) is 7.42. The molecule has 0 unspecified atom stereocenters. The second kappa shape index (κ2) is 6.75. The maximum Gasteiger partial charge on any atom is 0.288 e. The van der Waals surface area contributed by atoms with Crippen LogP contribution in [0.3, 0.4) is 0 Å². The van der Waals surface area contributed by atoms with Crippen LogP contribution in [0.1, 0.15) is 15.9 Å². The van der Waals surface area contributed by atoms with Gasteiger partial charge in [0.25, 0.3) is 11.6 Å². The van der Waals surface area contributed by atoms with Gasteiger partial charge in [-0.15, -0.1) is 0 Å². The van der Waals surface area contributed by atoms with Gasteiger partial charge in [0.2, 0.25) is 0 Å². The number of carbonyl (C=O) groups excluding carboxylic acids is 1. The molecule has 0 saturated heterocycles. The highest BCUT2D eigenvalue weighted by Gasteiger charge is 2.12. The molecular weight excluding hydrogens is 326 g/mol. The van der Waals surface area contributed by atoms with Crippen molar-refractivity contribution in [1.82, 2.24) is 5.43 Å². The van der Waals surface area contributed by atoms with E-state index < -0.39 is 10.8 Å². The third-order valence-corrected chi connectivity index (χ3v) is 3.03. The molecule has 0 bridgehead atoms. The molecule has 2 rings (SSSR count). The smallest absolute Gasteiger partial charge is 0.288 e. The maximum absolute atomic E-state index is 11.8. The minimum atomic E-state index is -0.670. The van der Waals surface area contributed by atoms with Gasteiger partial charge >= 0.3 is 0 Å². The standard InChI is InChI=1S/C14H10ClN3O5/c15-12-2-1-8(3-13(12)18(22)23)7-16-17-14(21)9-4-10(19)6-11(20)5-9/h1-7,19-20H,(H,17,21)/b16-7+. The van der Waals surface area contributed by atoms with Crippen LogP contribution in [0.2, 0.25) is 5.02 Å². The average Bonchev–Trinajstić information content (AvgIpc) is 2.47. The lowest BCUT2D eigenvalue weighted by Crippen LogP contribution is -2.17. The zero-order chi connectivity index (χ0) is 17.0. The summed E-state index contributed by atoms with van der Waals surface area (Å²) in [4.78, 5) is 21.9. The zero-order valence-corrected chi connectivity index (χ0v) is 12.2. The van der Waals surface area contributed by atoms with Crippen molar-refractivity contribution >= 4 is 29.4 Å². The summed E-state index contributed by atoms with van der Waals surface area (Å²) in [6.07, 6.45) is 1.20. The Labute approximate surface area is 134 Å². The minimum Gasteiger partial charge on any atom is -0.508 e. The van der Waals surface area contributed by atoms with Gasteiger partial charge in [-0.2, -0.15) is 5.10 Å². The first kappa shape index (κ1) is 16.2. The molecule has 8 nitrogen and oxygen atoms in total. The molecule has 2 aromatic rings. The molecule has 1 amide bonds. The SMILES string of the molecule is O=C(N/N=C/c1ccc(Cl)c([N+](=O)[O-])c1)c1cc(O)cc(O)c1. The quantitative estimate of drug-likeness (QED) is 0.449. The molecule has 0 aliphatic rings. The number of hydrazone groups is 1. The van der Waals surface area contributed by atoms with Gasteiger partial charge in [0.15, 0.2) is 0 Å². The summed E-state index contributed by atoms with van der Waals surface area (Å²) in [5.41, 5.74) is 2.26. The minimum absolute atomic E-state index is 0.00161. The van der Waals surface area contributed by atoms with E-state index in [4.69, 9.17) is 11.6 Å². The number of rotatable bonds is 4. The molecule has 9 heteroatoms. The summed E-state index contributed by atoms with van der Waals surface area (Å²) in [5.74, 6) is -1.21. The first-order valence-electron chi connectivity index (χ1n) is 6.17. The first-order chi connectivity index (χ1) is 10.9. The molecule has 0 atom stereocenters. The number of phenolic OH excluding ortho intramolecular Hbond substituents is 2. The zero-order valence-electron chi connectivity index (χ0n) is 11.4. The second-order valence-electron chi connectivity index (χ2n) is 4.41. The van der Waals surface area contributed by atoms with Crippen LogP contribution >= 0.6 is 11.6 Å². The van der Waals surface area contributed by atoms with Crippen molar-refractivity contribution in [2.24, 2.45) is 5.10 Å². The molecule has 0 fully saturated rings. The number of benzene rings is 2. The van der Waals surface area contributed by atoms with Gasteiger partial charge in [-0.1, -0.05) is 17.7 Å². The Balaban J connectivity index is 2.11. The molecule has 0 spiro atoms. The number of halogens is 1. The van der Waals surface area contributed by atoms with E-state index >= 15 is 0 Å². The van der Waals surface area contributed by atoms with E-state index in [1.54, 1.807) is 0 Å². The van der Waals surface area contributed by atoms with Gasteiger partial charge in [0, 0.05) is 23.3 Å². The Morgan fingerprint density at radius 3 is 2.48 bits per heavy atom. The summed E-state index contributed by atoms with van der Waals surface area (Å²) in [7, 11) is 0. The maximum atomic E-state index is 11.8. The average molecular weight is 336 g/mol. The third kappa shape index (κ3) is 4.17. The van der Waals surface area contributed by atoms with Gasteiger partial charge in [0.1, 0.15) is 16.5 Å². The summed E-state index contributed by atoms with van der Waals surface area (Å²) in [6.45, 7) is 0. The van der Waals surface area contributed by atoms with Gasteiger partial charge in [0.05, 0.1) is 11.1 Å². The van der Waals surface area contributed by atoms with E-state index in [9.17, 15) is 25.1 Å². The number of nitrogens with zero attached hydrogens (tertiary/aromatic N) is 2. The topological polar surface area (TPSA) is 125 Å². The summed E-state index contributed by atoms with van der Waals surface area (Å²) in [5, 5.41) is 33.0. The van der Waals surface area contributed by atoms with Crippen molar-refractivity contribution < 1.29 is 19.9 Å². The highest BCUT2D eigenvalue weighted by atomic mass is 35.5. The normalized spacial score (nSPS) is 10.7. The van der Waals surface area contributed by atoms with Crippen molar-refractivity contribution in [3.8, 4) is 11.5 Å². The lowest BCUT2D eigenvalue weighted by molar-refractivity contribution is -0.384. The third-order valence-electron chi connectivity index (χ3n) is 2.71. The predicted molar refractivity (Wildman–Crippen MR) is 82.9 cm³/mol. The molecule has 0 aliphatic carbocycles. The van der Waals surface area contributed by atoms with Crippen LogP contribution in [0, 0.1) is 10.1 Å². The number of phenols is 2. The Hall–Kier alpha value is -3.13. The van der Waals surface area contributed by atoms with Crippen LogP contribution in [0.15, 0.2) is 41.5 Å². The van der Waals surface area contributed by atoms with Gasteiger partial charge in [-0.25, -0.2) is 5.43 Å². The van der Waals surface area contributed by atoms with Crippen LogP contribution in [-0.2, 0) is 0 Å². The van der Waals surface area contributed by atoms with E-state index in [1.165, 1.54) is 24.4 Å². The Morgan fingerprint density at radius 1 is 1.22 bits per heavy atom. The molecule has 0 saturated carbocycles.